The van der Waals surface area contributed by atoms with Crippen molar-refractivity contribution < 1.29 is 4.79 Å². The maximum absolute atomic E-state index is 11.8. The quantitative estimate of drug-likeness (QED) is 0.749. The Hall–Kier alpha value is -1.42. The summed E-state index contributed by atoms with van der Waals surface area (Å²) in [6, 6.07) is 5.76. The lowest BCUT2D eigenvalue weighted by Crippen LogP contribution is -2.33. The molecule has 1 aromatic heterocycles. The Labute approximate surface area is 89.1 Å². The second-order valence-corrected chi connectivity index (χ2v) is 3.89. The summed E-state index contributed by atoms with van der Waals surface area (Å²) in [5.74, 6) is 0.127. The Morgan fingerprint density at radius 2 is 2.47 bits per heavy atom. The second-order valence-electron chi connectivity index (χ2n) is 3.89. The van der Waals surface area contributed by atoms with Crippen molar-refractivity contribution in [2.24, 2.45) is 5.73 Å². The Bertz CT molecular complexity index is 339. The van der Waals surface area contributed by atoms with E-state index in [0.717, 1.165) is 18.7 Å². The highest BCUT2D eigenvalue weighted by atomic mass is 16.2. The van der Waals surface area contributed by atoms with E-state index >= 15 is 0 Å². The van der Waals surface area contributed by atoms with E-state index in [1.54, 1.807) is 6.20 Å². The van der Waals surface area contributed by atoms with Gasteiger partial charge in [-0.2, -0.15) is 0 Å². The van der Waals surface area contributed by atoms with Crippen LogP contribution in [-0.2, 0) is 11.2 Å². The zero-order chi connectivity index (χ0) is 10.7. The molecule has 1 aliphatic rings. The lowest BCUT2D eigenvalue weighted by Gasteiger charge is -2.15. The fraction of sp³-hybridized carbons (Fsp3) is 0.455. The minimum Gasteiger partial charge on any atom is -0.341 e. The van der Waals surface area contributed by atoms with Crippen molar-refractivity contribution in [2.75, 3.05) is 13.1 Å². The van der Waals surface area contributed by atoms with Crippen LogP contribution in [0.3, 0.4) is 0 Å². The van der Waals surface area contributed by atoms with E-state index in [0.29, 0.717) is 13.0 Å². The van der Waals surface area contributed by atoms with Gasteiger partial charge in [-0.25, -0.2) is 0 Å². The Morgan fingerprint density at radius 1 is 1.60 bits per heavy atom. The first-order chi connectivity index (χ1) is 7.25. The number of nitrogens with zero attached hydrogens (tertiary/aromatic N) is 2. The van der Waals surface area contributed by atoms with Gasteiger partial charge < -0.3 is 10.6 Å². The maximum Gasteiger partial charge on any atom is 0.228 e. The van der Waals surface area contributed by atoms with Gasteiger partial charge in [-0.05, 0) is 18.6 Å². The molecule has 0 saturated carbocycles. The zero-order valence-corrected chi connectivity index (χ0v) is 8.60. The van der Waals surface area contributed by atoms with Gasteiger partial charge in [0.2, 0.25) is 5.91 Å². The first kappa shape index (κ1) is 10.1. The summed E-state index contributed by atoms with van der Waals surface area (Å²) in [7, 11) is 0. The SMILES string of the molecule is N[C@@H]1CCN(C(=O)Cc2ccccn2)C1. The molecule has 1 fully saturated rings. The van der Waals surface area contributed by atoms with Crippen molar-refractivity contribution in [3.05, 3.63) is 30.1 Å². The Balaban J connectivity index is 1.93. The summed E-state index contributed by atoms with van der Waals surface area (Å²) in [5.41, 5.74) is 6.57. The first-order valence-corrected chi connectivity index (χ1v) is 5.19. The molecule has 0 bridgehead atoms. The molecular formula is C11H15N3O. The number of pyridine rings is 1. The molecule has 4 heteroatoms. The van der Waals surface area contributed by atoms with Crippen LogP contribution in [0.25, 0.3) is 0 Å². The normalized spacial score (nSPS) is 20.6. The van der Waals surface area contributed by atoms with Crippen molar-refractivity contribution in [2.45, 2.75) is 18.9 Å². The molecule has 15 heavy (non-hydrogen) atoms. The molecule has 80 valence electrons. The number of aromatic nitrogens is 1. The van der Waals surface area contributed by atoms with E-state index in [4.69, 9.17) is 5.73 Å². The predicted molar refractivity (Wildman–Crippen MR) is 57.1 cm³/mol. The van der Waals surface area contributed by atoms with Gasteiger partial charge in [0, 0.05) is 31.0 Å². The number of carbonyl (C=O) groups is 1. The smallest absolute Gasteiger partial charge is 0.228 e. The third kappa shape index (κ3) is 2.53. The van der Waals surface area contributed by atoms with Gasteiger partial charge in [0.05, 0.1) is 6.42 Å². The van der Waals surface area contributed by atoms with Gasteiger partial charge in [-0.1, -0.05) is 6.07 Å². The lowest BCUT2D eigenvalue weighted by atomic mass is 10.2. The highest BCUT2D eigenvalue weighted by Gasteiger charge is 2.23. The molecule has 1 aliphatic heterocycles. The van der Waals surface area contributed by atoms with Crippen LogP contribution in [0.2, 0.25) is 0 Å². The Morgan fingerprint density at radius 3 is 3.07 bits per heavy atom. The molecule has 0 aliphatic carbocycles. The van der Waals surface area contributed by atoms with Crippen LogP contribution in [0.1, 0.15) is 12.1 Å². The van der Waals surface area contributed by atoms with Crippen molar-refractivity contribution in [1.82, 2.24) is 9.88 Å². The summed E-state index contributed by atoms with van der Waals surface area (Å²) in [6.07, 6.45) is 3.00. The molecule has 0 unspecified atom stereocenters. The highest BCUT2D eigenvalue weighted by Crippen LogP contribution is 2.09. The number of nitrogens with two attached hydrogens (primary N) is 1. The molecule has 1 amide bonds. The van der Waals surface area contributed by atoms with Crippen molar-refractivity contribution in [3.63, 3.8) is 0 Å². The highest BCUT2D eigenvalue weighted by molar-refractivity contribution is 5.78. The van der Waals surface area contributed by atoms with Crippen LogP contribution in [-0.4, -0.2) is 34.9 Å². The second kappa shape index (κ2) is 4.40. The molecule has 2 rings (SSSR count). The van der Waals surface area contributed by atoms with Gasteiger partial charge >= 0.3 is 0 Å². The summed E-state index contributed by atoms with van der Waals surface area (Å²) >= 11 is 0. The fourth-order valence-corrected chi connectivity index (χ4v) is 1.78. The zero-order valence-electron chi connectivity index (χ0n) is 8.60. The summed E-state index contributed by atoms with van der Waals surface area (Å²) in [4.78, 5) is 17.7. The van der Waals surface area contributed by atoms with Crippen LogP contribution in [0.15, 0.2) is 24.4 Å². The van der Waals surface area contributed by atoms with Crippen LogP contribution >= 0.6 is 0 Å². The van der Waals surface area contributed by atoms with Crippen molar-refractivity contribution in [1.29, 1.82) is 0 Å². The number of hydrogen-bond donors (Lipinski definition) is 1. The molecule has 0 spiro atoms. The van der Waals surface area contributed by atoms with Crippen LogP contribution in [0.4, 0.5) is 0 Å². The maximum atomic E-state index is 11.8. The van der Waals surface area contributed by atoms with E-state index in [-0.39, 0.29) is 11.9 Å². The number of likely N-dealkylation sites (tertiary alicyclic amines) is 1. The lowest BCUT2D eigenvalue weighted by molar-refractivity contribution is -0.129. The molecule has 1 saturated heterocycles. The Kier molecular flexibility index (Phi) is 2.97. The third-order valence-electron chi connectivity index (χ3n) is 2.64. The van der Waals surface area contributed by atoms with Gasteiger partial charge in [0.15, 0.2) is 0 Å². The molecule has 1 atom stereocenters. The first-order valence-electron chi connectivity index (χ1n) is 5.19. The van der Waals surface area contributed by atoms with Gasteiger partial charge in [-0.15, -0.1) is 0 Å². The van der Waals surface area contributed by atoms with E-state index in [1.165, 1.54) is 0 Å². The van der Waals surface area contributed by atoms with Crippen molar-refractivity contribution in [3.8, 4) is 0 Å². The van der Waals surface area contributed by atoms with E-state index in [2.05, 4.69) is 4.98 Å². The average molecular weight is 205 g/mol. The summed E-state index contributed by atoms with van der Waals surface area (Å²) in [6.45, 7) is 1.47. The summed E-state index contributed by atoms with van der Waals surface area (Å²) < 4.78 is 0. The van der Waals surface area contributed by atoms with E-state index in [9.17, 15) is 4.79 Å². The molecule has 4 nitrogen and oxygen atoms in total. The standard InChI is InChI=1S/C11H15N3O/c12-9-4-6-14(8-9)11(15)7-10-3-1-2-5-13-10/h1-3,5,9H,4,6-8,12H2/t9-/m1/s1. The third-order valence-corrected chi connectivity index (χ3v) is 2.64. The van der Waals surface area contributed by atoms with Crippen molar-refractivity contribution >= 4 is 5.91 Å². The van der Waals surface area contributed by atoms with E-state index < -0.39 is 0 Å². The number of carbonyl (C=O) groups excluding carboxylic acids is 1. The molecule has 0 radical (unpaired) electrons. The van der Waals surface area contributed by atoms with E-state index in [1.807, 2.05) is 23.1 Å². The topological polar surface area (TPSA) is 59.2 Å². The van der Waals surface area contributed by atoms with Gasteiger partial charge in [-0.3, -0.25) is 9.78 Å². The fourth-order valence-electron chi connectivity index (χ4n) is 1.78. The van der Waals surface area contributed by atoms with Gasteiger partial charge in [0.1, 0.15) is 0 Å². The minimum atomic E-state index is 0.127. The largest absolute Gasteiger partial charge is 0.341 e. The molecule has 0 aromatic carbocycles. The average Bonchev–Trinajstić information content (AvgIpc) is 2.66. The molecule has 1 aromatic rings. The number of amides is 1. The minimum absolute atomic E-state index is 0.127. The molecule has 2 N–H and O–H groups in total. The van der Waals surface area contributed by atoms with Gasteiger partial charge in [0.25, 0.3) is 0 Å². The summed E-state index contributed by atoms with van der Waals surface area (Å²) in [5, 5.41) is 0. The molecular weight excluding hydrogens is 190 g/mol. The monoisotopic (exact) mass is 205 g/mol. The number of hydrogen-bond acceptors (Lipinski definition) is 3. The predicted octanol–water partition coefficient (Wildman–Crippen LogP) is 0.184. The number of rotatable bonds is 2. The van der Waals surface area contributed by atoms with Crippen LogP contribution in [0.5, 0.6) is 0 Å². The van der Waals surface area contributed by atoms with Crippen LogP contribution < -0.4 is 5.73 Å². The van der Waals surface area contributed by atoms with Crippen LogP contribution in [0, 0.1) is 0 Å². The molecule has 2 heterocycles.